The molecule has 0 N–H and O–H groups in total. The normalized spacial score (nSPS) is 12.1. The third-order valence-corrected chi connectivity index (χ3v) is 3.44. The number of hydrogen-bond donors (Lipinski definition) is 0. The van der Waals surface area contributed by atoms with Gasteiger partial charge in [0.15, 0.2) is 6.10 Å². The molecule has 0 heterocycles. The zero-order valence-electron chi connectivity index (χ0n) is 12.3. The second kappa shape index (κ2) is 7.70. The summed E-state index contributed by atoms with van der Waals surface area (Å²) in [6.45, 7) is 1.47. The number of rotatable bonds is 5. The number of carbonyl (C=O) groups is 2. The summed E-state index contributed by atoms with van der Waals surface area (Å²) >= 11 is 5.97. The van der Waals surface area contributed by atoms with Gasteiger partial charge in [0.1, 0.15) is 5.82 Å². The second-order valence-corrected chi connectivity index (χ2v) is 5.21. The summed E-state index contributed by atoms with van der Waals surface area (Å²) in [5.74, 6) is -1.49. The molecule has 2 aromatic rings. The predicted octanol–water partition coefficient (Wildman–Crippen LogP) is 4.31. The smallest absolute Gasteiger partial charge is 0.331 e. The fraction of sp³-hybridized carbons (Fsp3) is 0.111. The van der Waals surface area contributed by atoms with E-state index in [9.17, 15) is 14.0 Å². The summed E-state index contributed by atoms with van der Waals surface area (Å²) in [7, 11) is 0. The van der Waals surface area contributed by atoms with E-state index in [-0.39, 0.29) is 5.56 Å². The summed E-state index contributed by atoms with van der Waals surface area (Å²) < 4.78 is 17.9. The van der Waals surface area contributed by atoms with Crippen molar-refractivity contribution in [3.05, 3.63) is 76.6 Å². The van der Waals surface area contributed by atoms with Crippen molar-refractivity contribution >= 4 is 29.4 Å². The molecule has 23 heavy (non-hydrogen) atoms. The van der Waals surface area contributed by atoms with Crippen LogP contribution in [0.4, 0.5) is 4.39 Å². The highest BCUT2D eigenvalue weighted by Crippen LogP contribution is 2.16. The summed E-state index contributed by atoms with van der Waals surface area (Å²) in [5.41, 5.74) is 0.949. The Balaban J connectivity index is 1.98. The molecule has 0 fully saturated rings. The summed E-state index contributed by atoms with van der Waals surface area (Å²) in [6, 6.07) is 12.1. The molecular weight excluding hydrogens is 319 g/mol. The molecule has 1 atom stereocenters. The van der Waals surface area contributed by atoms with Crippen LogP contribution in [0.25, 0.3) is 6.08 Å². The predicted molar refractivity (Wildman–Crippen MR) is 86.8 cm³/mol. The largest absolute Gasteiger partial charge is 0.451 e. The van der Waals surface area contributed by atoms with Crippen LogP contribution in [0, 0.1) is 5.82 Å². The van der Waals surface area contributed by atoms with Gasteiger partial charge in [-0.05, 0) is 48.9 Å². The molecule has 0 aliphatic rings. The average Bonchev–Trinajstić information content (AvgIpc) is 2.54. The zero-order chi connectivity index (χ0) is 16.8. The van der Waals surface area contributed by atoms with Crippen molar-refractivity contribution in [2.75, 3.05) is 0 Å². The van der Waals surface area contributed by atoms with Gasteiger partial charge >= 0.3 is 5.97 Å². The van der Waals surface area contributed by atoms with Crippen LogP contribution in [0.3, 0.4) is 0 Å². The van der Waals surface area contributed by atoms with Crippen LogP contribution in [0.1, 0.15) is 22.8 Å². The standard InChI is InChI=1S/C18H14ClFO3/c1-12(18(22)14-6-9-15(20)10-7-14)23-17(21)11-8-13-4-2-3-5-16(13)19/h2-12H,1H3/b11-8+/t12-/m1/s1. The molecule has 2 aromatic carbocycles. The van der Waals surface area contributed by atoms with Crippen LogP contribution < -0.4 is 0 Å². The lowest BCUT2D eigenvalue weighted by molar-refractivity contribution is -0.140. The first-order valence-corrected chi connectivity index (χ1v) is 7.28. The van der Waals surface area contributed by atoms with E-state index in [4.69, 9.17) is 16.3 Å². The molecule has 0 aromatic heterocycles. The molecule has 0 spiro atoms. The highest BCUT2D eigenvalue weighted by Gasteiger charge is 2.18. The maximum Gasteiger partial charge on any atom is 0.331 e. The van der Waals surface area contributed by atoms with Crippen LogP contribution >= 0.6 is 11.6 Å². The average molecular weight is 333 g/mol. The molecule has 0 radical (unpaired) electrons. The van der Waals surface area contributed by atoms with Crippen molar-refractivity contribution in [3.8, 4) is 0 Å². The van der Waals surface area contributed by atoms with E-state index < -0.39 is 23.7 Å². The van der Waals surface area contributed by atoms with E-state index in [2.05, 4.69) is 0 Å². The fourth-order valence-corrected chi connectivity index (χ4v) is 2.08. The highest BCUT2D eigenvalue weighted by atomic mass is 35.5. The van der Waals surface area contributed by atoms with E-state index in [1.807, 2.05) is 0 Å². The monoisotopic (exact) mass is 332 g/mol. The molecule has 118 valence electrons. The van der Waals surface area contributed by atoms with Gasteiger partial charge in [0, 0.05) is 16.7 Å². The van der Waals surface area contributed by atoms with Gasteiger partial charge in [0.25, 0.3) is 0 Å². The third-order valence-electron chi connectivity index (χ3n) is 3.10. The molecule has 2 rings (SSSR count). The molecule has 0 bridgehead atoms. The lowest BCUT2D eigenvalue weighted by Gasteiger charge is -2.10. The maximum absolute atomic E-state index is 12.8. The Morgan fingerprint density at radius 1 is 1.13 bits per heavy atom. The number of benzene rings is 2. The van der Waals surface area contributed by atoms with Crippen molar-refractivity contribution in [2.24, 2.45) is 0 Å². The van der Waals surface area contributed by atoms with Crippen molar-refractivity contribution in [1.82, 2.24) is 0 Å². The Hall–Kier alpha value is -2.46. The van der Waals surface area contributed by atoms with E-state index in [0.29, 0.717) is 10.6 Å². The molecule has 0 aliphatic heterocycles. The lowest BCUT2D eigenvalue weighted by atomic mass is 10.1. The van der Waals surface area contributed by atoms with Crippen LogP contribution in [0.15, 0.2) is 54.6 Å². The summed E-state index contributed by atoms with van der Waals surface area (Å²) in [6.07, 6.45) is 1.75. The van der Waals surface area contributed by atoms with Gasteiger partial charge < -0.3 is 4.74 Å². The van der Waals surface area contributed by atoms with Crippen molar-refractivity contribution in [1.29, 1.82) is 0 Å². The minimum atomic E-state index is -0.969. The van der Waals surface area contributed by atoms with Crippen molar-refractivity contribution in [3.63, 3.8) is 0 Å². The van der Waals surface area contributed by atoms with E-state index in [1.165, 1.54) is 43.3 Å². The van der Waals surface area contributed by atoms with E-state index in [0.717, 1.165) is 0 Å². The lowest BCUT2D eigenvalue weighted by Crippen LogP contribution is -2.23. The molecule has 0 amide bonds. The first kappa shape index (κ1) is 16.9. The van der Waals surface area contributed by atoms with Gasteiger partial charge in [-0.2, -0.15) is 0 Å². The van der Waals surface area contributed by atoms with Gasteiger partial charge in [-0.25, -0.2) is 9.18 Å². The number of esters is 1. The number of hydrogen-bond acceptors (Lipinski definition) is 3. The Bertz CT molecular complexity index is 738. The second-order valence-electron chi connectivity index (χ2n) is 4.81. The minimum Gasteiger partial charge on any atom is -0.451 e. The van der Waals surface area contributed by atoms with Crippen molar-refractivity contribution in [2.45, 2.75) is 13.0 Å². The molecule has 3 nitrogen and oxygen atoms in total. The van der Waals surface area contributed by atoms with Gasteiger partial charge in [-0.3, -0.25) is 4.79 Å². The van der Waals surface area contributed by atoms with Crippen LogP contribution in [0.5, 0.6) is 0 Å². The van der Waals surface area contributed by atoms with Gasteiger partial charge in [0.05, 0.1) is 0 Å². The molecule has 5 heteroatoms. The SMILES string of the molecule is C[C@@H](OC(=O)/C=C/c1ccccc1Cl)C(=O)c1ccc(F)cc1. The number of ketones is 1. The number of carbonyl (C=O) groups excluding carboxylic acids is 2. The van der Waals surface area contributed by atoms with Gasteiger partial charge in [-0.1, -0.05) is 29.8 Å². The number of Topliss-reactive ketones (excluding diaryl/α,β-unsaturated/α-hetero) is 1. The van der Waals surface area contributed by atoms with Gasteiger partial charge in [0.2, 0.25) is 5.78 Å². The highest BCUT2D eigenvalue weighted by molar-refractivity contribution is 6.32. The maximum atomic E-state index is 12.8. The number of halogens is 2. The molecule has 0 unspecified atom stereocenters. The molecular formula is C18H14ClFO3. The Morgan fingerprint density at radius 3 is 2.43 bits per heavy atom. The molecule has 0 saturated heterocycles. The van der Waals surface area contributed by atoms with Crippen LogP contribution in [0.2, 0.25) is 5.02 Å². The quantitative estimate of drug-likeness (QED) is 0.465. The molecule has 0 saturated carbocycles. The van der Waals surface area contributed by atoms with E-state index in [1.54, 1.807) is 24.3 Å². The summed E-state index contributed by atoms with van der Waals surface area (Å²) in [4.78, 5) is 23.8. The van der Waals surface area contributed by atoms with E-state index >= 15 is 0 Å². The van der Waals surface area contributed by atoms with Crippen LogP contribution in [-0.4, -0.2) is 17.9 Å². The Labute approximate surface area is 138 Å². The first-order valence-electron chi connectivity index (χ1n) is 6.90. The number of ether oxygens (including phenoxy) is 1. The Kier molecular flexibility index (Phi) is 5.66. The minimum absolute atomic E-state index is 0.279. The zero-order valence-corrected chi connectivity index (χ0v) is 13.1. The Morgan fingerprint density at radius 2 is 1.78 bits per heavy atom. The fourth-order valence-electron chi connectivity index (χ4n) is 1.88. The van der Waals surface area contributed by atoms with Crippen LogP contribution in [-0.2, 0) is 9.53 Å². The molecule has 0 aliphatic carbocycles. The first-order chi connectivity index (χ1) is 11.0. The third kappa shape index (κ3) is 4.76. The topological polar surface area (TPSA) is 43.4 Å². The van der Waals surface area contributed by atoms with Gasteiger partial charge in [-0.15, -0.1) is 0 Å². The summed E-state index contributed by atoms with van der Waals surface area (Å²) in [5, 5.41) is 0.506. The van der Waals surface area contributed by atoms with Crippen molar-refractivity contribution < 1.29 is 18.7 Å².